The second-order valence-corrected chi connectivity index (χ2v) is 3.72. The van der Waals surface area contributed by atoms with Gasteiger partial charge >= 0.3 is 6.09 Å². The summed E-state index contributed by atoms with van der Waals surface area (Å²) in [6.45, 7) is 0.876. The lowest BCUT2D eigenvalue weighted by Gasteiger charge is -2.19. The summed E-state index contributed by atoms with van der Waals surface area (Å²) in [5, 5.41) is 7.31. The van der Waals surface area contributed by atoms with Gasteiger partial charge in [0.05, 0.1) is 0 Å². The predicted octanol–water partition coefficient (Wildman–Crippen LogP) is 0.867. The molecule has 0 fully saturated rings. The molecule has 0 atom stereocenters. The van der Waals surface area contributed by atoms with E-state index in [0.29, 0.717) is 19.5 Å². The third kappa shape index (κ3) is 4.42. The summed E-state index contributed by atoms with van der Waals surface area (Å²) in [4.78, 5) is 12.8. The molecule has 98 valence electrons. The van der Waals surface area contributed by atoms with Crippen LogP contribution in [0, 0.1) is 5.41 Å². The van der Waals surface area contributed by atoms with Crippen molar-refractivity contribution in [2.75, 3.05) is 13.1 Å². The second-order valence-electron chi connectivity index (χ2n) is 3.72. The SMILES string of the molecule is N=C(N)N(CCCN)C(=O)OCc1ccccc1. The molecule has 1 rings (SSSR count). The van der Waals surface area contributed by atoms with E-state index in [-0.39, 0.29) is 12.6 Å². The summed E-state index contributed by atoms with van der Waals surface area (Å²) in [6, 6.07) is 9.31. The molecule has 0 aliphatic carbocycles. The zero-order valence-electron chi connectivity index (χ0n) is 10.1. The van der Waals surface area contributed by atoms with Crippen LogP contribution >= 0.6 is 0 Å². The van der Waals surface area contributed by atoms with E-state index in [1.54, 1.807) is 0 Å². The highest BCUT2D eigenvalue weighted by molar-refractivity contribution is 5.91. The predicted molar refractivity (Wildman–Crippen MR) is 68.9 cm³/mol. The van der Waals surface area contributed by atoms with E-state index in [9.17, 15) is 4.79 Å². The number of benzene rings is 1. The largest absolute Gasteiger partial charge is 0.444 e. The van der Waals surface area contributed by atoms with E-state index < -0.39 is 6.09 Å². The molecule has 0 spiro atoms. The monoisotopic (exact) mass is 250 g/mol. The number of amides is 1. The van der Waals surface area contributed by atoms with E-state index in [0.717, 1.165) is 10.5 Å². The van der Waals surface area contributed by atoms with Gasteiger partial charge in [-0.15, -0.1) is 0 Å². The van der Waals surface area contributed by atoms with Gasteiger partial charge in [0.25, 0.3) is 0 Å². The molecule has 0 radical (unpaired) electrons. The average Bonchev–Trinajstić information content (AvgIpc) is 2.37. The number of hydrogen-bond donors (Lipinski definition) is 3. The Labute approximate surface area is 106 Å². The zero-order chi connectivity index (χ0) is 13.4. The van der Waals surface area contributed by atoms with E-state index in [1.807, 2.05) is 30.3 Å². The van der Waals surface area contributed by atoms with Gasteiger partial charge in [0.15, 0.2) is 5.96 Å². The number of nitrogens with zero attached hydrogens (tertiary/aromatic N) is 1. The standard InChI is InChI=1S/C12H18N4O2/c13-7-4-8-16(11(14)15)12(17)18-9-10-5-2-1-3-6-10/h1-3,5-6H,4,7-9,13H2,(H3,14,15). The molecular weight excluding hydrogens is 232 g/mol. The normalized spacial score (nSPS) is 9.83. The Kier molecular flexibility index (Phi) is 5.66. The first kappa shape index (κ1) is 14.0. The summed E-state index contributed by atoms with van der Waals surface area (Å²) in [7, 11) is 0. The number of hydrogen-bond acceptors (Lipinski definition) is 4. The average molecular weight is 250 g/mol. The van der Waals surface area contributed by atoms with E-state index >= 15 is 0 Å². The molecule has 0 unspecified atom stereocenters. The fourth-order valence-corrected chi connectivity index (χ4v) is 1.36. The molecule has 0 aliphatic rings. The van der Waals surface area contributed by atoms with E-state index in [2.05, 4.69) is 0 Å². The molecule has 0 aromatic heterocycles. The van der Waals surface area contributed by atoms with Gasteiger partial charge < -0.3 is 16.2 Å². The fraction of sp³-hybridized carbons (Fsp3) is 0.333. The molecule has 1 amide bonds. The van der Waals surface area contributed by atoms with E-state index in [1.165, 1.54) is 0 Å². The molecule has 18 heavy (non-hydrogen) atoms. The first-order chi connectivity index (χ1) is 8.65. The van der Waals surface area contributed by atoms with Crippen molar-refractivity contribution >= 4 is 12.1 Å². The van der Waals surface area contributed by atoms with Gasteiger partial charge in [-0.2, -0.15) is 0 Å². The van der Waals surface area contributed by atoms with Crippen LogP contribution in [-0.2, 0) is 11.3 Å². The van der Waals surface area contributed by atoms with Gasteiger partial charge in [-0.05, 0) is 18.5 Å². The van der Waals surface area contributed by atoms with Crippen LogP contribution in [0.25, 0.3) is 0 Å². The van der Waals surface area contributed by atoms with Crippen LogP contribution < -0.4 is 11.5 Å². The Balaban J connectivity index is 2.49. The first-order valence-corrected chi connectivity index (χ1v) is 5.67. The van der Waals surface area contributed by atoms with Crippen LogP contribution in [0.1, 0.15) is 12.0 Å². The Morgan fingerprint density at radius 1 is 1.33 bits per heavy atom. The lowest BCUT2D eigenvalue weighted by Crippen LogP contribution is -2.42. The molecule has 0 saturated carbocycles. The smallest absolute Gasteiger partial charge is 0.416 e. The number of rotatable bonds is 5. The highest BCUT2D eigenvalue weighted by atomic mass is 16.6. The van der Waals surface area contributed by atoms with Crippen molar-refractivity contribution in [1.82, 2.24) is 4.90 Å². The number of nitrogens with one attached hydrogen (secondary N) is 1. The van der Waals surface area contributed by atoms with Crippen molar-refractivity contribution in [3.05, 3.63) is 35.9 Å². The number of guanidine groups is 1. The molecule has 1 aromatic carbocycles. The van der Waals surface area contributed by atoms with Gasteiger partial charge in [-0.1, -0.05) is 30.3 Å². The number of carbonyl (C=O) groups excluding carboxylic acids is 1. The van der Waals surface area contributed by atoms with Crippen LogP contribution in [0.3, 0.4) is 0 Å². The fourth-order valence-electron chi connectivity index (χ4n) is 1.36. The molecule has 0 bridgehead atoms. The number of carbonyl (C=O) groups is 1. The molecule has 1 aromatic rings. The summed E-state index contributed by atoms with van der Waals surface area (Å²) in [5.41, 5.74) is 11.5. The van der Waals surface area contributed by atoms with Crippen molar-refractivity contribution in [3.63, 3.8) is 0 Å². The summed E-state index contributed by atoms with van der Waals surface area (Å²) in [5.74, 6) is -0.332. The summed E-state index contributed by atoms with van der Waals surface area (Å²) in [6.07, 6.45) is -0.0557. The van der Waals surface area contributed by atoms with Gasteiger partial charge in [-0.3, -0.25) is 5.41 Å². The zero-order valence-corrected chi connectivity index (χ0v) is 10.1. The third-order valence-corrected chi connectivity index (χ3v) is 2.30. The summed E-state index contributed by atoms with van der Waals surface area (Å²) < 4.78 is 5.07. The molecule has 0 heterocycles. The van der Waals surface area contributed by atoms with Crippen molar-refractivity contribution < 1.29 is 9.53 Å². The number of ether oxygens (including phenoxy) is 1. The Morgan fingerprint density at radius 2 is 2.00 bits per heavy atom. The molecule has 0 saturated heterocycles. The maximum Gasteiger partial charge on any atom is 0.416 e. The topological polar surface area (TPSA) is 105 Å². The minimum atomic E-state index is -0.625. The summed E-state index contributed by atoms with van der Waals surface area (Å²) >= 11 is 0. The molecular formula is C12H18N4O2. The van der Waals surface area contributed by atoms with Crippen LogP contribution in [-0.4, -0.2) is 30.0 Å². The molecule has 5 N–H and O–H groups in total. The minimum absolute atomic E-state index is 0.159. The quantitative estimate of drug-likeness (QED) is 0.532. The van der Waals surface area contributed by atoms with Crippen molar-refractivity contribution in [2.45, 2.75) is 13.0 Å². The minimum Gasteiger partial charge on any atom is -0.444 e. The Hall–Kier alpha value is -2.08. The van der Waals surface area contributed by atoms with Gasteiger partial charge in [-0.25, -0.2) is 9.69 Å². The highest BCUT2D eigenvalue weighted by Gasteiger charge is 2.17. The maximum absolute atomic E-state index is 11.7. The van der Waals surface area contributed by atoms with Crippen LogP contribution in [0.4, 0.5) is 4.79 Å². The number of nitrogens with two attached hydrogens (primary N) is 2. The Bertz CT molecular complexity index is 394. The lowest BCUT2D eigenvalue weighted by atomic mass is 10.2. The highest BCUT2D eigenvalue weighted by Crippen LogP contribution is 2.03. The van der Waals surface area contributed by atoms with Gasteiger partial charge in [0, 0.05) is 6.54 Å². The second kappa shape index (κ2) is 7.29. The maximum atomic E-state index is 11.7. The lowest BCUT2D eigenvalue weighted by molar-refractivity contribution is 0.115. The van der Waals surface area contributed by atoms with Crippen molar-refractivity contribution in [1.29, 1.82) is 5.41 Å². The molecule has 6 heteroatoms. The first-order valence-electron chi connectivity index (χ1n) is 5.67. The van der Waals surface area contributed by atoms with Crippen molar-refractivity contribution in [2.24, 2.45) is 11.5 Å². The molecule has 0 aliphatic heterocycles. The molecule has 6 nitrogen and oxygen atoms in total. The van der Waals surface area contributed by atoms with Crippen LogP contribution in [0.15, 0.2) is 30.3 Å². The third-order valence-electron chi connectivity index (χ3n) is 2.30. The van der Waals surface area contributed by atoms with E-state index in [4.69, 9.17) is 21.6 Å². The van der Waals surface area contributed by atoms with Gasteiger partial charge in [0.2, 0.25) is 0 Å². The van der Waals surface area contributed by atoms with Crippen LogP contribution in [0.5, 0.6) is 0 Å². The van der Waals surface area contributed by atoms with Crippen LogP contribution in [0.2, 0.25) is 0 Å². The van der Waals surface area contributed by atoms with Crippen molar-refractivity contribution in [3.8, 4) is 0 Å². The Morgan fingerprint density at radius 3 is 2.56 bits per heavy atom. The van der Waals surface area contributed by atoms with Gasteiger partial charge in [0.1, 0.15) is 6.61 Å².